The fourth-order valence-corrected chi connectivity index (χ4v) is 3.23. The van der Waals surface area contributed by atoms with E-state index in [1.165, 1.54) is 6.92 Å². The fraction of sp³-hybridized carbons (Fsp3) is 0.545. The lowest BCUT2D eigenvalue weighted by molar-refractivity contribution is -0.132. The largest absolute Gasteiger partial charge is 0.444 e. The van der Waals surface area contributed by atoms with Crippen molar-refractivity contribution in [3.63, 3.8) is 0 Å². The summed E-state index contributed by atoms with van der Waals surface area (Å²) in [5, 5.41) is 8.24. The lowest BCUT2D eigenvalue weighted by atomic mass is 10.0. The predicted molar refractivity (Wildman–Crippen MR) is 117 cm³/mol. The fourth-order valence-electron chi connectivity index (χ4n) is 3.23. The molecule has 1 saturated heterocycles. The van der Waals surface area contributed by atoms with Crippen LogP contribution >= 0.6 is 0 Å². The van der Waals surface area contributed by atoms with E-state index in [1.807, 2.05) is 0 Å². The summed E-state index contributed by atoms with van der Waals surface area (Å²) in [6, 6.07) is 6.73. The Bertz CT molecular complexity index is 810. The predicted octanol–water partition coefficient (Wildman–Crippen LogP) is 2.28. The molecule has 1 heterocycles. The van der Waals surface area contributed by atoms with Crippen LogP contribution in [0.5, 0.6) is 0 Å². The maximum absolute atomic E-state index is 12.5. The first-order valence-corrected chi connectivity index (χ1v) is 10.5. The van der Waals surface area contributed by atoms with Crippen molar-refractivity contribution in [2.45, 2.75) is 58.6 Å². The molecule has 9 heteroatoms. The van der Waals surface area contributed by atoms with E-state index in [9.17, 15) is 19.2 Å². The third-order valence-corrected chi connectivity index (χ3v) is 4.64. The molecule has 2 rings (SSSR count). The highest BCUT2D eigenvalue weighted by molar-refractivity contribution is 5.97. The average molecular weight is 433 g/mol. The Balaban J connectivity index is 1.73. The molecule has 0 atom stereocenters. The van der Waals surface area contributed by atoms with Gasteiger partial charge >= 0.3 is 6.09 Å². The molecular weight excluding hydrogens is 400 g/mol. The first-order chi connectivity index (χ1) is 14.5. The second kappa shape index (κ2) is 10.8. The number of hydrogen-bond acceptors (Lipinski definition) is 5. The molecule has 4 amide bonds. The Hall–Kier alpha value is -3.10. The molecule has 0 radical (unpaired) electrons. The molecule has 1 aromatic rings. The van der Waals surface area contributed by atoms with Crippen molar-refractivity contribution in [2.24, 2.45) is 0 Å². The highest BCUT2D eigenvalue weighted by Gasteiger charge is 2.24. The maximum Gasteiger partial charge on any atom is 0.407 e. The van der Waals surface area contributed by atoms with Crippen LogP contribution in [0.3, 0.4) is 0 Å². The lowest BCUT2D eigenvalue weighted by Crippen LogP contribution is -2.47. The molecule has 0 aliphatic carbocycles. The number of carbonyl (C=O) groups is 4. The standard InChI is InChI=1S/C22H32N4O5/c1-15(27)24-18-7-5-6-16(14-18)20(29)25-17-9-12-26(13-10-17)19(28)8-11-23-21(30)31-22(2,3)4/h5-7,14,17H,8-13H2,1-4H3,(H,23,30)(H,24,27)(H,25,29). The van der Waals surface area contributed by atoms with E-state index < -0.39 is 11.7 Å². The van der Waals surface area contributed by atoms with Crippen LogP contribution in [0, 0.1) is 0 Å². The van der Waals surface area contributed by atoms with Gasteiger partial charge in [0.2, 0.25) is 11.8 Å². The van der Waals surface area contributed by atoms with Crippen molar-refractivity contribution in [1.29, 1.82) is 0 Å². The number of nitrogens with one attached hydrogen (secondary N) is 3. The first-order valence-electron chi connectivity index (χ1n) is 10.5. The van der Waals surface area contributed by atoms with Crippen molar-refractivity contribution < 1.29 is 23.9 Å². The summed E-state index contributed by atoms with van der Waals surface area (Å²) in [5.74, 6) is -0.446. The van der Waals surface area contributed by atoms with Gasteiger partial charge in [0.1, 0.15) is 5.60 Å². The van der Waals surface area contributed by atoms with E-state index in [2.05, 4.69) is 16.0 Å². The molecule has 0 saturated carbocycles. The topological polar surface area (TPSA) is 117 Å². The van der Waals surface area contributed by atoms with E-state index in [0.717, 1.165) is 0 Å². The number of anilines is 1. The van der Waals surface area contributed by atoms with Crippen LogP contribution in [0.4, 0.5) is 10.5 Å². The van der Waals surface area contributed by atoms with Crippen LogP contribution in [0.1, 0.15) is 57.3 Å². The van der Waals surface area contributed by atoms with Crippen LogP contribution in [0.25, 0.3) is 0 Å². The summed E-state index contributed by atoms with van der Waals surface area (Å²) < 4.78 is 5.14. The lowest BCUT2D eigenvalue weighted by Gasteiger charge is -2.32. The smallest absolute Gasteiger partial charge is 0.407 e. The normalized spacial score (nSPS) is 14.5. The zero-order valence-corrected chi connectivity index (χ0v) is 18.6. The van der Waals surface area contributed by atoms with E-state index >= 15 is 0 Å². The zero-order valence-electron chi connectivity index (χ0n) is 18.6. The van der Waals surface area contributed by atoms with E-state index in [-0.39, 0.29) is 36.7 Å². The molecule has 3 N–H and O–H groups in total. The number of nitrogens with zero attached hydrogens (tertiary/aromatic N) is 1. The van der Waals surface area contributed by atoms with Crippen molar-refractivity contribution >= 4 is 29.5 Å². The third-order valence-electron chi connectivity index (χ3n) is 4.64. The van der Waals surface area contributed by atoms with Gasteiger partial charge in [0.25, 0.3) is 5.91 Å². The minimum atomic E-state index is -0.578. The number of carbonyl (C=O) groups excluding carboxylic acids is 4. The van der Waals surface area contributed by atoms with E-state index in [1.54, 1.807) is 49.9 Å². The van der Waals surface area contributed by atoms with Gasteiger partial charge in [-0.2, -0.15) is 0 Å². The summed E-state index contributed by atoms with van der Waals surface area (Å²) in [4.78, 5) is 49.4. The van der Waals surface area contributed by atoms with Gasteiger partial charge in [-0.3, -0.25) is 14.4 Å². The molecule has 0 spiro atoms. The monoisotopic (exact) mass is 432 g/mol. The van der Waals surface area contributed by atoms with Crippen molar-refractivity contribution in [2.75, 3.05) is 25.0 Å². The van der Waals surface area contributed by atoms with Crippen molar-refractivity contribution in [3.8, 4) is 0 Å². The highest BCUT2D eigenvalue weighted by Crippen LogP contribution is 2.14. The summed E-state index contributed by atoms with van der Waals surface area (Å²) >= 11 is 0. The van der Waals surface area contributed by atoms with Crippen LogP contribution in [-0.4, -0.2) is 60.0 Å². The summed E-state index contributed by atoms with van der Waals surface area (Å²) in [5.41, 5.74) is 0.463. The molecule has 1 aliphatic heterocycles. The van der Waals surface area contributed by atoms with E-state index in [0.29, 0.717) is 37.2 Å². The average Bonchev–Trinajstić information content (AvgIpc) is 2.66. The second-order valence-electron chi connectivity index (χ2n) is 8.57. The molecule has 0 bridgehead atoms. The second-order valence-corrected chi connectivity index (χ2v) is 8.57. The Morgan fingerprint density at radius 3 is 2.42 bits per heavy atom. The molecule has 170 valence electrons. The number of amides is 4. The minimum absolute atomic E-state index is 0.0270. The van der Waals surface area contributed by atoms with Crippen molar-refractivity contribution in [3.05, 3.63) is 29.8 Å². The molecular formula is C22H32N4O5. The molecule has 31 heavy (non-hydrogen) atoms. The summed E-state index contributed by atoms with van der Waals surface area (Å²) in [6.45, 7) is 8.05. The summed E-state index contributed by atoms with van der Waals surface area (Å²) in [7, 11) is 0. The number of likely N-dealkylation sites (tertiary alicyclic amines) is 1. The Morgan fingerprint density at radius 2 is 1.81 bits per heavy atom. The van der Waals surface area contributed by atoms with Gasteiger partial charge in [0, 0.05) is 50.3 Å². The van der Waals surface area contributed by atoms with Gasteiger partial charge in [-0.25, -0.2) is 4.79 Å². The quantitative estimate of drug-likeness (QED) is 0.638. The molecule has 1 aromatic carbocycles. The third kappa shape index (κ3) is 8.65. The van der Waals surface area contributed by atoms with Gasteiger partial charge in [0.15, 0.2) is 0 Å². The van der Waals surface area contributed by atoms with E-state index in [4.69, 9.17) is 4.74 Å². The zero-order chi connectivity index (χ0) is 23.0. The van der Waals surface area contributed by atoms with Gasteiger partial charge < -0.3 is 25.6 Å². The minimum Gasteiger partial charge on any atom is -0.444 e. The molecule has 0 unspecified atom stereocenters. The number of hydrogen-bond donors (Lipinski definition) is 3. The molecule has 9 nitrogen and oxygen atoms in total. The SMILES string of the molecule is CC(=O)Nc1cccc(C(=O)NC2CCN(C(=O)CCNC(=O)OC(C)(C)C)CC2)c1. The number of piperidine rings is 1. The molecule has 0 aromatic heterocycles. The van der Waals surface area contributed by atoms with Gasteiger partial charge in [-0.05, 0) is 51.8 Å². The number of alkyl carbamates (subject to hydrolysis) is 1. The summed E-state index contributed by atoms with van der Waals surface area (Å²) in [6.07, 6.45) is 0.973. The number of benzene rings is 1. The number of ether oxygens (including phenoxy) is 1. The molecule has 1 fully saturated rings. The Kier molecular flexibility index (Phi) is 8.41. The van der Waals surface area contributed by atoms with Crippen LogP contribution in [-0.2, 0) is 14.3 Å². The first kappa shape index (κ1) is 24.2. The number of rotatable bonds is 6. The van der Waals surface area contributed by atoms with Crippen LogP contribution < -0.4 is 16.0 Å². The Labute approximate surface area is 182 Å². The molecule has 1 aliphatic rings. The maximum atomic E-state index is 12.5. The Morgan fingerprint density at radius 1 is 1.13 bits per heavy atom. The van der Waals surface area contributed by atoms with Crippen LogP contribution in [0.2, 0.25) is 0 Å². The van der Waals surface area contributed by atoms with Gasteiger partial charge in [0.05, 0.1) is 0 Å². The van der Waals surface area contributed by atoms with Crippen LogP contribution in [0.15, 0.2) is 24.3 Å². The van der Waals surface area contributed by atoms with Gasteiger partial charge in [-0.1, -0.05) is 6.07 Å². The van der Waals surface area contributed by atoms with Gasteiger partial charge in [-0.15, -0.1) is 0 Å². The van der Waals surface area contributed by atoms with Crippen molar-refractivity contribution in [1.82, 2.24) is 15.5 Å². The highest BCUT2D eigenvalue weighted by atomic mass is 16.6.